The normalized spacial score (nSPS) is 43.5. The third-order valence-electron chi connectivity index (χ3n) is 12.3. The first-order chi connectivity index (χ1) is 18.1. The molecule has 38 heavy (non-hydrogen) atoms. The predicted molar refractivity (Wildman–Crippen MR) is 147 cm³/mol. The van der Waals surface area contributed by atoms with E-state index in [9.17, 15) is 14.7 Å². The van der Waals surface area contributed by atoms with E-state index in [0.29, 0.717) is 17.8 Å². The smallest absolute Gasteiger partial charge is 0.335 e. The maximum Gasteiger partial charge on any atom is 0.335 e. The lowest BCUT2D eigenvalue weighted by molar-refractivity contribution is -0.201. The van der Waals surface area contributed by atoms with Crippen molar-refractivity contribution in [3.63, 3.8) is 0 Å². The number of likely N-dealkylation sites (N-methyl/N-ethyl adjacent to an activating group) is 1. The van der Waals surface area contributed by atoms with Gasteiger partial charge in [0.05, 0.1) is 11.9 Å². The number of carbonyl (C=O) groups is 1. The van der Waals surface area contributed by atoms with Gasteiger partial charge >= 0.3 is 11.7 Å². The van der Waals surface area contributed by atoms with E-state index in [2.05, 4.69) is 31.1 Å². The summed E-state index contributed by atoms with van der Waals surface area (Å²) in [4.78, 5) is 29.0. The Labute approximate surface area is 227 Å². The quantitative estimate of drug-likeness (QED) is 0.590. The molecule has 5 aliphatic rings. The van der Waals surface area contributed by atoms with Gasteiger partial charge in [0.1, 0.15) is 0 Å². The van der Waals surface area contributed by atoms with Crippen molar-refractivity contribution in [2.24, 2.45) is 28.6 Å². The van der Waals surface area contributed by atoms with Crippen LogP contribution in [-0.4, -0.2) is 65.8 Å². The van der Waals surface area contributed by atoms with Gasteiger partial charge in [-0.3, -0.25) is 0 Å². The summed E-state index contributed by atoms with van der Waals surface area (Å²) in [5.41, 5.74) is 0.116. The van der Waals surface area contributed by atoms with Crippen LogP contribution in [0.5, 0.6) is 0 Å². The summed E-state index contributed by atoms with van der Waals surface area (Å²) in [6.45, 7) is 8.47. The molecular formula is C31H47N3O4. The molecule has 0 aromatic carbocycles. The minimum absolute atomic E-state index is 0.124. The molecule has 1 saturated heterocycles. The first-order valence-electron chi connectivity index (χ1n) is 15.2. The summed E-state index contributed by atoms with van der Waals surface area (Å²) in [6.07, 6.45) is 12.1. The molecule has 1 aromatic rings. The molecule has 1 aromatic heterocycles. The molecule has 5 fully saturated rings. The van der Waals surface area contributed by atoms with E-state index >= 15 is 0 Å². The van der Waals surface area contributed by atoms with Crippen LogP contribution in [0.2, 0.25) is 0 Å². The van der Waals surface area contributed by atoms with E-state index in [1.807, 2.05) is 11.0 Å². The van der Waals surface area contributed by atoms with Crippen LogP contribution in [-0.2, 0) is 0 Å². The number of urea groups is 1. The summed E-state index contributed by atoms with van der Waals surface area (Å²) in [5.74, 6) is 1.69. The highest BCUT2D eigenvalue weighted by Gasteiger charge is 2.67. The zero-order valence-electron chi connectivity index (χ0n) is 23.6. The summed E-state index contributed by atoms with van der Waals surface area (Å²) in [5, 5.41) is 15.9. The highest BCUT2D eigenvalue weighted by atomic mass is 16.4. The van der Waals surface area contributed by atoms with Crippen LogP contribution in [0.4, 0.5) is 4.79 Å². The molecule has 0 radical (unpaired) electrons. The van der Waals surface area contributed by atoms with Crippen molar-refractivity contribution in [1.82, 2.24) is 15.1 Å². The molecule has 210 valence electrons. The molecule has 7 heteroatoms. The van der Waals surface area contributed by atoms with Crippen LogP contribution in [0.25, 0.3) is 0 Å². The molecule has 6 rings (SSSR count). The van der Waals surface area contributed by atoms with Crippen molar-refractivity contribution in [3.8, 4) is 0 Å². The number of hydrogen-bond donors (Lipinski definition) is 2. The minimum atomic E-state index is -0.671. The van der Waals surface area contributed by atoms with Gasteiger partial charge < -0.3 is 24.6 Å². The van der Waals surface area contributed by atoms with Gasteiger partial charge in [-0.1, -0.05) is 13.8 Å². The van der Waals surface area contributed by atoms with Gasteiger partial charge in [-0.05, 0) is 119 Å². The van der Waals surface area contributed by atoms with Gasteiger partial charge in [0.2, 0.25) is 0 Å². The molecule has 8 atom stereocenters. The van der Waals surface area contributed by atoms with Gasteiger partial charge in [-0.25, -0.2) is 9.59 Å². The zero-order chi connectivity index (χ0) is 26.7. The van der Waals surface area contributed by atoms with E-state index in [4.69, 9.17) is 4.42 Å². The molecule has 2 N–H and O–H groups in total. The Morgan fingerprint density at radius 3 is 2.63 bits per heavy atom. The van der Waals surface area contributed by atoms with Gasteiger partial charge in [0.15, 0.2) is 0 Å². The predicted octanol–water partition coefficient (Wildman–Crippen LogP) is 4.60. The minimum Gasteiger partial charge on any atom is -0.431 e. The Hall–Kier alpha value is -1.86. The number of hydrogen-bond acceptors (Lipinski definition) is 5. The van der Waals surface area contributed by atoms with Crippen molar-refractivity contribution < 1.29 is 14.3 Å². The number of fused-ring (bicyclic) bond motifs is 5. The second kappa shape index (κ2) is 9.65. The average molecular weight is 526 g/mol. The molecule has 2 heterocycles. The molecule has 0 bridgehead atoms. The van der Waals surface area contributed by atoms with E-state index in [-0.39, 0.29) is 34.4 Å². The number of amides is 2. The van der Waals surface area contributed by atoms with Crippen molar-refractivity contribution in [2.75, 3.05) is 33.2 Å². The third kappa shape index (κ3) is 4.14. The standard InChI is InChI=1S/C31H47N3O4/c1-29-12-9-23(32-28(36)34-16-4-15-33(3)17-18-34)19-22(29)6-7-26-25(29)10-13-30(2)24(11-14-31(26,30)37)21-5-8-27(35)38-20-21/h5,8,20,22-26,37H,4,6-7,9-19H2,1-3H3,(H,32,36)/t22-,23+,24-,25+,26-,29?,30?,31+/m1/s1. The van der Waals surface area contributed by atoms with Crippen LogP contribution in [0.3, 0.4) is 0 Å². The molecule has 7 nitrogen and oxygen atoms in total. The Kier molecular flexibility index (Phi) is 6.70. The van der Waals surface area contributed by atoms with Crippen LogP contribution in [0, 0.1) is 28.6 Å². The Morgan fingerprint density at radius 1 is 1.00 bits per heavy atom. The lowest BCUT2D eigenvalue weighted by Crippen LogP contribution is -2.62. The van der Waals surface area contributed by atoms with Gasteiger partial charge in [-0.2, -0.15) is 0 Å². The Morgan fingerprint density at radius 2 is 1.84 bits per heavy atom. The summed E-state index contributed by atoms with van der Waals surface area (Å²) in [6, 6.07) is 3.82. The molecule has 1 aliphatic heterocycles. The number of aliphatic hydroxyl groups is 1. The molecule has 2 unspecified atom stereocenters. The van der Waals surface area contributed by atoms with Crippen LogP contribution >= 0.6 is 0 Å². The fourth-order valence-corrected chi connectivity index (χ4v) is 9.97. The maximum absolute atomic E-state index is 13.1. The summed E-state index contributed by atoms with van der Waals surface area (Å²) in [7, 11) is 2.14. The Bertz CT molecular complexity index is 1090. The van der Waals surface area contributed by atoms with Crippen molar-refractivity contribution >= 4 is 6.03 Å². The van der Waals surface area contributed by atoms with E-state index in [1.54, 1.807) is 6.26 Å². The number of nitrogens with one attached hydrogen (secondary N) is 1. The lowest BCUT2D eigenvalue weighted by atomic mass is 9.43. The second-order valence-corrected chi connectivity index (χ2v) is 13.9. The van der Waals surface area contributed by atoms with Gasteiger partial charge in [-0.15, -0.1) is 0 Å². The number of nitrogens with zero attached hydrogens (tertiary/aromatic N) is 2. The first kappa shape index (κ1) is 26.4. The fourth-order valence-electron chi connectivity index (χ4n) is 9.97. The monoisotopic (exact) mass is 525 g/mol. The fraction of sp³-hybridized carbons (Fsp3) is 0.806. The maximum atomic E-state index is 13.1. The van der Waals surface area contributed by atoms with E-state index in [1.165, 1.54) is 6.07 Å². The Balaban J connectivity index is 1.14. The van der Waals surface area contributed by atoms with Crippen LogP contribution < -0.4 is 10.9 Å². The molecular weight excluding hydrogens is 478 g/mol. The lowest BCUT2D eigenvalue weighted by Gasteiger charge is -2.63. The van der Waals surface area contributed by atoms with Gasteiger partial charge in [0.25, 0.3) is 0 Å². The van der Waals surface area contributed by atoms with Crippen LogP contribution in [0.1, 0.15) is 89.5 Å². The summed E-state index contributed by atoms with van der Waals surface area (Å²) >= 11 is 0. The average Bonchev–Trinajstić information content (AvgIpc) is 3.01. The van der Waals surface area contributed by atoms with E-state index < -0.39 is 5.60 Å². The van der Waals surface area contributed by atoms with E-state index in [0.717, 1.165) is 96.0 Å². The van der Waals surface area contributed by atoms with Gasteiger partial charge in [0, 0.05) is 37.2 Å². The largest absolute Gasteiger partial charge is 0.431 e. The van der Waals surface area contributed by atoms with Crippen molar-refractivity contribution in [3.05, 3.63) is 34.4 Å². The highest BCUT2D eigenvalue weighted by molar-refractivity contribution is 5.74. The molecule has 4 saturated carbocycles. The topological polar surface area (TPSA) is 86.0 Å². The molecule has 0 spiro atoms. The number of rotatable bonds is 2. The third-order valence-corrected chi connectivity index (χ3v) is 12.3. The van der Waals surface area contributed by atoms with Crippen molar-refractivity contribution in [1.29, 1.82) is 0 Å². The second-order valence-electron chi connectivity index (χ2n) is 13.9. The number of carbonyl (C=O) groups excluding carboxylic acids is 1. The highest BCUT2D eigenvalue weighted by Crippen LogP contribution is 2.70. The summed E-state index contributed by atoms with van der Waals surface area (Å²) < 4.78 is 5.24. The SMILES string of the molecule is CN1CCCN(C(=O)N[C@H]2CCC3(C)[C@H](CC[C@@H]4[C@@H]3CCC3(C)[C@@H](c5ccc(=O)oc5)CC[C@]43O)C2)CC1. The van der Waals surface area contributed by atoms with Crippen molar-refractivity contribution in [2.45, 2.75) is 95.6 Å². The molecule has 4 aliphatic carbocycles. The van der Waals surface area contributed by atoms with Crippen LogP contribution in [0.15, 0.2) is 27.6 Å². The first-order valence-corrected chi connectivity index (χ1v) is 15.2. The molecule has 2 amide bonds. The zero-order valence-corrected chi connectivity index (χ0v) is 23.6.